The van der Waals surface area contributed by atoms with E-state index in [1.54, 1.807) is 6.92 Å². The summed E-state index contributed by atoms with van der Waals surface area (Å²) in [7, 11) is 0. The van der Waals surface area contributed by atoms with E-state index in [4.69, 9.17) is 5.11 Å². The van der Waals surface area contributed by atoms with Gasteiger partial charge in [-0.1, -0.05) is 30.3 Å². The maximum atomic E-state index is 11.1. The lowest BCUT2D eigenvalue weighted by Gasteiger charge is -2.08. The third-order valence-corrected chi connectivity index (χ3v) is 4.23. The molecule has 0 aliphatic heterocycles. The van der Waals surface area contributed by atoms with Crippen molar-refractivity contribution in [2.75, 3.05) is 0 Å². The van der Waals surface area contributed by atoms with Crippen LogP contribution in [0.3, 0.4) is 0 Å². The minimum atomic E-state index is -1.17. The lowest BCUT2D eigenvalue weighted by atomic mass is 10.1. The zero-order valence-electron chi connectivity index (χ0n) is 11.3. The number of carboxylic acid groups (broad SMARTS) is 1. The van der Waals surface area contributed by atoms with Crippen LogP contribution in [0.25, 0.3) is 0 Å². The lowest BCUT2D eigenvalue weighted by molar-refractivity contribution is -0.385. The third-order valence-electron chi connectivity index (χ3n) is 3.01. The van der Waals surface area contributed by atoms with Crippen LogP contribution in [0.5, 0.6) is 0 Å². The number of carbonyl (C=O) groups is 1. The minimum absolute atomic E-state index is 0.0668. The van der Waals surface area contributed by atoms with Crippen molar-refractivity contribution in [2.24, 2.45) is 0 Å². The molecule has 0 radical (unpaired) electrons. The van der Waals surface area contributed by atoms with Gasteiger partial charge in [0.05, 0.1) is 10.5 Å². The zero-order chi connectivity index (χ0) is 15.4. The van der Waals surface area contributed by atoms with Crippen molar-refractivity contribution in [3.05, 3.63) is 69.3 Å². The zero-order valence-corrected chi connectivity index (χ0v) is 12.1. The van der Waals surface area contributed by atoms with E-state index < -0.39 is 10.9 Å². The van der Waals surface area contributed by atoms with E-state index in [2.05, 4.69) is 0 Å². The molecule has 0 unspecified atom stereocenters. The second-order valence-electron chi connectivity index (χ2n) is 4.46. The normalized spacial score (nSPS) is 10.3. The van der Waals surface area contributed by atoms with Crippen molar-refractivity contribution in [1.82, 2.24) is 0 Å². The minimum Gasteiger partial charge on any atom is -0.478 e. The topological polar surface area (TPSA) is 80.4 Å². The smallest absolute Gasteiger partial charge is 0.335 e. The average molecular weight is 303 g/mol. The quantitative estimate of drug-likeness (QED) is 0.515. The molecular formula is C15H13NO4S. The van der Waals surface area contributed by atoms with Crippen molar-refractivity contribution in [1.29, 1.82) is 0 Å². The Morgan fingerprint density at radius 3 is 2.52 bits per heavy atom. The van der Waals surface area contributed by atoms with Gasteiger partial charge in [0.25, 0.3) is 5.69 Å². The summed E-state index contributed by atoms with van der Waals surface area (Å²) in [6.45, 7) is 1.64. The summed E-state index contributed by atoms with van der Waals surface area (Å²) in [5.74, 6) is -0.540. The van der Waals surface area contributed by atoms with Gasteiger partial charge >= 0.3 is 5.97 Å². The van der Waals surface area contributed by atoms with Crippen LogP contribution in [0.4, 0.5) is 5.69 Å². The predicted molar refractivity (Wildman–Crippen MR) is 80.8 cm³/mol. The summed E-state index contributed by atoms with van der Waals surface area (Å²) in [5.41, 5.74) is 1.34. The number of nitro benzene ring substituents is 1. The molecule has 21 heavy (non-hydrogen) atoms. The van der Waals surface area contributed by atoms with Gasteiger partial charge in [-0.15, -0.1) is 11.8 Å². The molecule has 108 valence electrons. The van der Waals surface area contributed by atoms with Crippen molar-refractivity contribution >= 4 is 23.4 Å². The van der Waals surface area contributed by atoms with Gasteiger partial charge in [-0.2, -0.15) is 0 Å². The van der Waals surface area contributed by atoms with E-state index in [1.165, 1.54) is 17.8 Å². The number of benzene rings is 2. The Morgan fingerprint density at radius 2 is 1.95 bits per heavy atom. The fourth-order valence-electron chi connectivity index (χ4n) is 1.87. The Hall–Kier alpha value is -2.34. The Morgan fingerprint density at radius 1 is 1.29 bits per heavy atom. The molecule has 0 aromatic heterocycles. The van der Waals surface area contributed by atoms with Gasteiger partial charge in [0.1, 0.15) is 0 Å². The summed E-state index contributed by atoms with van der Waals surface area (Å²) in [6.07, 6.45) is 0. The Balaban J connectivity index is 2.33. The first kappa shape index (κ1) is 15.1. The van der Waals surface area contributed by atoms with E-state index in [0.29, 0.717) is 16.2 Å². The highest BCUT2D eigenvalue weighted by molar-refractivity contribution is 7.98. The number of nitro groups is 1. The second-order valence-corrected chi connectivity index (χ2v) is 5.47. The molecule has 0 aliphatic rings. The molecule has 2 rings (SSSR count). The fourth-order valence-corrected chi connectivity index (χ4v) is 2.92. The summed E-state index contributed by atoms with van der Waals surface area (Å²) in [6, 6.07) is 12.2. The summed E-state index contributed by atoms with van der Waals surface area (Å²) in [5, 5.41) is 20.1. The number of hydrogen-bond acceptors (Lipinski definition) is 4. The first-order valence-corrected chi connectivity index (χ1v) is 7.16. The summed E-state index contributed by atoms with van der Waals surface area (Å²) in [4.78, 5) is 22.2. The molecule has 0 atom stereocenters. The van der Waals surface area contributed by atoms with Crippen molar-refractivity contribution in [2.45, 2.75) is 17.6 Å². The molecule has 0 amide bonds. The molecule has 5 nitrogen and oxygen atoms in total. The Labute approximate surface area is 125 Å². The molecule has 2 aromatic carbocycles. The Kier molecular flexibility index (Phi) is 4.59. The van der Waals surface area contributed by atoms with Crippen molar-refractivity contribution in [3.63, 3.8) is 0 Å². The van der Waals surface area contributed by atoms with Gasteiger partial charge in [-0.05, 0) is 18.6 Å². The van der Waals surface area contributed by atoms with Crippen molar-refractivity contribution < 1.29 is 14.8 Å². The van der Waals surface area contributed by atoms with E-state index >= 15 is 0 Å². The molecule has 0 saturated heterocycles. The molecule has 6 heteroatoms. The number of hydrogen-bond donors (Lipinski definition) is 1. The summed E-state index contributed by atoms with van der Waals surface area (Å²) >= 11 is 1.40. The standard InChI is InChI=1S/C15H13NO4S/c1-10-13(16(19)20)7-12(15(17)18)8-14(10)21-9-11-5-3-2-4-6-11/h2-8H,9H2,1H3,(H,17,18). The highest BCUT2D eigenvalue weighted by Crippen LogP contribution is 2.33. The maximum absolute atomic E-state index is 11.1. The summed E-state index contributed by atoms with van der Waals surface area (Å²) < 4.78 is 0. The fraction of sp³-hybridized carbons (Fsp3) is 0.133. The van der Waals surface area contributed by atoms with Crippen LogP contribution >= 0.6 is 11.8 Å². The van der Waals surface area contributed by atoms with Crippen LogP contribution in [-0.2, 0) is 5.75 Å². The average Bonchev–Trinajstić information content (AvgIpc) is 2.46. The van der Waals surface area contributed by atoms with Crippen LogP contribution < -0.4 is 0 Å². The van der Waals surface area contributed by atoms with Crippen LogP contribution in [-0.4, -0.2) is 16.0 Å². The maximum Gasteiger partial charge on any atom is 0.335 e. The van der Waals surface area contributed by atoms with Crippen LogP contribution in [0.2, 0.25) is 0 Å². The monoisotopic (exact) mass is 303 g/mol. The highest BCUT2D eigenvalue weighted by atomic mass is 32.2. The van der Waals surface area contributed by atoms with Gasteiger partial charge in [0.2, 0.25) is 0 Å². The molecule has 0 saturated carbocycles. The highest BCUT2D eigenvalue weighted by Gasteiger charge is 2.19. The first-order chi connectivity index (χ1) is 9.99. The van der Waals surface area contributed by atoms with Gasteiger partial charge in [-0.3, -0.25) is 10.1 Å². The van der Waals surface area contributed by atoms with Gasteiger partial charge in [-0.25, -0.2) is 4.79 Å². The molecular weight excluding hydrogens is 290 g/mol. The lowest BCUT2D eigenvalue weighted by Crippen LogP contribution is -2.01. The number of rotatable bonds is 5. The molecule has 2 aromatic rings. The van der Waals surface area contributed by atoms with E-state index in [-0.39, 0.29) is 11.3 Å². The first-order valence-electron chi connectivity index (χ1n) is 6.18. The van der Waals surface area contributed by atoms with Crippen LogP contribution in [0.15, 0.2) is 47.4 Å². The molecule has 0 bridgehead atoms. The third kappa shape index (κ3) is 3.61. The van der Waals surface area contributed by atoms with E-state index in [0.717, 1.165) is 11.6 Å². The largest absolute Gasteiger partial charge is 0.478 e. The second kappa shape index (κ2) is 6.41. The van der Waals surface area contributed by atoms with Crippen LogP contribution in [0.1, 0.15) is 21.5 Å². The molecule has 1 N–H and O–H groups in total. The van der Waals surface area contributed by atoms with Crippen LogP contribution in [0, 0.1) is 17.0 Å². The number of aromatic carboxylic acids is 1. The SMILES string of the molecule is Cc1c(SCc2ccccc2)cc(C(=O)O)cc1[N+](=O)[O-]. The molecule has 0 heterocycles. The van der Waals surface area contributed by atoms with Crippen molar-refractivity contribution in [3.8, 4) is 0 Å². The van der Waals surface area contributed by atoms with Gasteiger partial charge in [0, 0.05) is 22.3 Å². The molecule has 0 spiro atoms. The number of nitrogens with zero attached hydrogens (tertiary/aromatic N) is 1. The number of thioether (sulfide) groups is 1. The van der Waals surface area contributed by atoms with Gasteiger partial charge in [0.15, 0.2) is 0 Å². The predicted octanol–water partition coefficient (Wildman–Crippen LogP) is 3.89. The van der Waals surface area contributed by atoms with E-state index in [9.17, 15) is 14.9 Å². The molecule has 0 fully saturated rings. The molecule has 0 aliphatic carbocycles. The van der Waals surface area contributed by atoms with E-state index in [1.807, 2.05) is 30.3 Å². The number of carboxylic acids is 1. The Bertz CT molecular complexity index is 686. The van der Waals surface area contributed by atoms with Gasteiger partial charge < -0.3 is 5.11 Å².